The number of nitrogens with one attached hydrogen (secondary N) is 1. The molecule has 3 rings (SSSR count). The van der Waals surface area contributed by atoms with Gasteiger partial charge in [0.1, 0.15) is 11.8 Å². The van der Waals surface area contributed by atoms with E-state index >= 15 is 0 Å². The first kappa shape index (κ1) is 16.3. The van der Waals surface area contributed by atoms with Crippen LogP contribution in [0.15, 0.2) is 22.8 Å². The normalized spacial score (nSPS) is 17.5. The Labute approximate surface area is 140 Å². The summed E-state index contributed by atoms with van der Waals surface area (Å²) in [7, 11) is 1.88. The average Bonchev–Trinajstić information content (AvgIpc) is 3.23. The van der Waals surface area contributed by atoms with Gasteiger partial charge in [0.05, 0.1) is 18.5 Å². The molecule has 7 heteroatoms. The molecule has 0 aliphatic carbocycles. The summed E-state index contributed by atoms with van der Waals surface area (Å²) in [5.74, 6) is 0.539. The van der Waals surface area contributed by atoms with Crippen molar-refractivity contribution < 1.29 is 14.0 Å². The summed E-state index contributed by atoms with van der Waals surface area (Å²) in [5.41, 5.74) is 2.96. The molecule has 1 saturated heterocycles. The van der Waals surface area contributed by atoms with E-state index < -0.39 is 6.04 Å². The highest BCUT2D eigenvalue weighted by Gasteiger charge is 2.36. The Hall–Kier alpha value is -2.57. The standard InChI is InChI=1S/C17H22N4O3/c1-11-14(12(2)20(3)19-11)9-18-17(23)15-6-7-16(22)21(15)10-13-5-4-8-24-13/h4-5,8,15H,6-7,9-10H2,1-3H3,(H,18,23)/t15-/m0/s1. The Kier molecular flexibility index (Phi) is 4.42. The molecule has 24 heavy (non-hydrogen) atoms. The van der Waals surface area contributed by atoms with Crippen molar-refractivity contribution in [3.05, 3.63) is 41.1 Å². The summed E-state index contributed by atoms with van der Waals surface area (Å²) < 4.78 is 7.10. The zero-order chi connectivity index (χ0) is 17.3. The van der Waals surface area contributed by atoms with Crippen LogP contribution in [0.2, 0.25) is 0 Å². The smallest absolute Gasteiger partial charge is 0.243 e. The summed E-state index contributed by atoms with van der Waals surface area (Å²) >= 11 is 0. The van der Waals surface area contributed by atoms with E-state index in [-0.39, 0.29) is 11.8 Å². The highest BCUT2D eigenvalue weighted by atomic mass is 16.3. The minimum Gasteiger partial charge on any atom is -0.467 e. The van der Waals surface area contributed by atoms with Crippen molar-refractivity contribution >= 4 is 11.8 Å². The van der Waals surface area contributed by atoms with Crippen molar-refractivity contribution in [2.45, 2.75) is 45.8 Å². The van der Waals surface area contributed by atoms with E-state index in [4.69, 9.17) is 4.42 Å². The van der Waals surface area contributed by atoms with Crippen LogP contribution >= 0.6 is 0 Å². The van der Waals surface area contributed by atoms with Crippen LogP contribution in [0.3, 0.4) is 0 Å². The molecule has 2 aromatic rings. The molecule has 7 nitrogen and oxygen atoms in total. The Balaban J connectivity index is 1.66. The van der Waals surface area contributed by atoms with E-state index in [0.29, 0.717) is 31.7 Å². The molecule has 3 heterocycles. The predicted molar refractivity (Wildman–Crippen MR) is 86.8 cm³/mol. The first-order valence-electron chi connectivity index (χ1n) is 8.06. The summed E-state index contributed by atoms with van der Waals surface area (Å²) in [4.78, 5) is 26.3. The molecule has 2 amide bonds. The molecule has 0 radical (unpaired) electrons. The second kappa shape index (κ2) is 6.51. The molecule has 0 spiro atoms. The molecule has 128 valence electrons. The van der Waals surface area contributed by atoms with E-state index in [1.54, 1.807) is 21.9 Å². The van der Waals surface area contributed by atoms with Gasteiger partial charge in [-0.25, -0.2) is 0 Å². The summed E-state index contributed by atoms with van der Waals surface area (Å²) in [6.45, 7) is 4.65. The summed E-state index contributed by atoms with van der Waals surface area (Å²) in [5, 5.41) is 7.30. The highest BCUT2D eigenvalue weighted by Crippen LogP contribution is 2.22. The average molecular weight is 330 g/mol. The first-order valence-corrected chi connectivity index (χ1v) is 8.06. The van der Waals surface area contributed by atoms with Gasteiger partial charge in [0.25, 0.3) is 0 Å². The van der Waals surface area contributed by atoms with Crippen molar-refractivity contribution in [1.29, 1.82) is 0 Å². The lowest BCUT2D eigenvalue weighted by molar-refractivity contribution is -0.136. The van der Waals surface area contributed by atoms with Gasteiger partial charge in [-0.2, -0.15) is 5.10 Å². The van der Waals surface area contributed by atoms with Crippen LogP contribution in [0, 0.1) is 13.8 Å². The second-order valence-corrected chi connectivity index (χ2v) is 6.15. The van der Waals surface area contributed by atoms with Gasteiger partial charge in [0.2, 0.25) is 11.8 Å². The number of carbonyl (C=O) groups excluding carboxylic acids is 2. The van der Waals surface area contributed by atoms with Crippen LogP contribution < -0.4 is 5.32 Å². The fraction of sp³-hybridized carbons (Fsp3) is 0.471. The van der Waals surface area contributed by atoms with Crippen molar-refractivity contribution in [3.63, 3.8) is 0 Å². The van der Waals surface area contributed by atoms with Crippen molar-refractivity contribution in [2.24, 2.45) is 7.05 Å². The molecule has 0 bridgehead atoms. The van der Waals surface area contributed by atoms with E-state index in [0.717, 1.165) is 17.0 Å². The first-order chi connectivity index (χ1) is 11.5. The number of aryl methyl sites for hydroxylation is 2. The summed E-state index contributed by atoms with van der Waals surface area (Å²) in [6, 6.07) is 3.14. The second-order valence-electron chi connectivity index (χ2n) is 6.15. The third-order valence-corrected chi connectivity index (χ3v) is 4.64. The minimum atomic E-state index is -0.445. The number of carbonyl (C=O) groups is 2. The number of aromatic nitrogens is 2. The molecule has 0 aromatic carbocycles. The zero-order valence-electron chi connectivity index (χ0n) is 14.2. The topological polar surface area (TPSA) is 80.4 Å². The molecule has 1 atom stereocenters. The highest BCUT2D eigenvalue weighted by molar-refractivity contribution is 5.90. The third kappa shape index (κ3) is 3.06. The quantitative estimate of drug-likeness (QED) is 0.899. The predicted octanol–water partition coefficient (Wildman–Crippen LogP) is 1.44. The van der Waals surface area contributed by atoms with Gasteiger partial charge in [0, 0.05) is 31.3 Å². The largest absolute Gasteiger partial charge is 0.467 e. The number of amides is 2. The lowest BCUT2D eigenvalue weighted by Crippen LogP contribution is -2.44. The van der Waals surface area contributed by atoms with Gasteiger partial charge in [-0.05, 0) is 32.4 Å². The maximum absolute atomic E-state index is 12.6. The van der Waals surface area contributed by atoms with Crippen molar-refractivity contribution in [1.82, 2.24) is 20.0 Å². The number of hydrogen-bond donors (Lipinski definition) is 1. The van der Waals surface area contributed by atoms with Gasteiger partial charge >= 0.3 is 0 Å². The molecular weight excluding hydrogens is 308 g/mol. The number of likely N-dealkylation sites (tertiary alicyclic amines) is 1. The molecule has 1 fully saturated rings. The maximum atomic E-state index is 12.6. The van der Waals surface area contributed by atoms with E-state index in [1.807, 2.05) is 27.0 Å². The van der Waals surface area contributed by atoms with Crippen LogP contribution in [0.4, 0.5) is 0 Å². The molecular formula is C17H22N4O3. The molecule has 0 unspecified atom stereocenters. The van der Waals surface area contributed by atoms with Gasteiger partial charge in [-0.1, -0.05) is 0 Å². The third-order valence-electron chi connectivity index (χ3n) is 4.64. The maximum Gasteiger partial charge on any atom is 0.243 e. The van der Waals surface area contributed by atoms with Crippen LogP contribution in [-0.4, -0.2) is 32.5 Å². The van der Waals surface area contributed by atoms with Gasteiger partial charge in [0.15, 0.2) is 0 Å². The Morgan fingerprint density at radius 2 is 2.25 bits per heavy atom. The monoisotopic (exact) mass is 330 g/mol. The van der Waals surface area contributed by atoms with Gasteiger partial charge < -0.3 is 14.6 Å². The van der Waals surface area contributed by atoms with Crippen molar-refractivity contribution in [2.75, 3.05) is 0 Å². The minimum absolute atomic E-state index is 0.0136. The fourth-order valence-electron chi connectivity index (χ4n) is 3.14. The zero-order valence-corrected chi connectivity index (χ0v) is 14.2. The fourth-order valence-corrected chi connectivity index (χ4v) is 3.14. The molecule has 1 aliphatic rings. The Morgan fingerprint density at radius 3 is 2.88 bits per heavy atom. The molecule has 1 aliphatic heterocycles. The molecule has 2 aromatic heterocycles. The van der Waals surface area contributed by atoms with E-state index in [2.05, 4.69) is 10.4 Å². The number of rotatable bonds is 5. The van der Waals surface area contributed by atoms with Crippen LogP contribution in [0.5, 0.6) is 0 Å². The van der Waals surface area contributed by atoms with Crippen LogP contribution in [-0.2, 0) is 29.7 Å². The molecule has 0 saturated carbocycles. The summed E-state index contributed by atoms with van der Waals surface area (Å²) in [6.07, 6.45) is 2.50. The number of hydrogen-bond acceptors (Lipinski definition) is 4. The number of nitrogens with zero attached hydrogens (tertiary/aromatic N) is 3. The van der Waals surface area contributed by atoms with Crippen molar-refractivity contribution in [3.8, 4) is 0 Å². The molecule has 1 N–H and O–H groups in total. The van der Waals surface area contributed by atoms with Crippen LogP contribution in [0.1, 0.15) is 35.6 Å². The Bertz CT molecular complexity index is 748. The van der Waals surface area contributed by atoms with Gasteiger partial charge in [-0.3, -0.25) is 14.3 Å². The van der Waals surface area contributed by atoms with Crippen LogP contribution in [0.25, 0.3) is 0 Å². The van der Waals surface area contributed by atoms with E-state index in [1.165, 1.54) is 0 Å². The van der Waals surface area contributed by atoms with Gasteiger partial charge in [-0.15, -0.1) is 0 Å². The SMILES string of the molecule is Cc1nn(C)c(C)c1CNC(=O)[C@@H]1CCC(=O)N1Cc1ccco1. The van der Waals surface area contributed by atoms with E-state index in [9.17, 15) is 9.59 Å². The lowest BCUT2D eigenvalue weighted by atomic mass is 10.1. The lowest BCUT2D eigenvalue weighted by Gasteiger charge is -2.23. The Morgan fingerprint density at radius 1 is 1.46 bits per heavy atom. The number of furan rings is 1.